The van der Waals surface area contributed by atoms with E-state index < -0.39 is 17.0 Å². The first kappa shape index (κ1) is 19.0. The molecule has 1 aliphatic carbocycles. The normalized spacial score (nSPS) is 14.0. The van der Waals surface area contributed by atoms with Crippen molar-refractivity contribution in [2.45, 2.75) is 45.6 Å². The highest BCUT2D eigenvalue weighted by atomic mass is 16.3. The molecule has 0 radical (unpaired) electrons. The number of amides is 1. The van der Waals surface area contributed by atoms with Crippen LogP contribution in [0.25, 0.3) is 5.69 Å². The van der Waals surface area contributed by atoms with E-state index in [1.165, 1.54) is 10.6 Å². The van der Waals surface area contributed by atoms with E-state index in [1.54, 1.807) is 13.8 Å². The Morgan fingerprint density at radius 3 is 2.48 bits per heavy atom. The maximum absolute atomic E-state index is 13.2. The number of nitrogens with zero attached hydrogens (tertiary/aromatic N) is 1. The highest BCUT2D eigenvalue weighted by molar-refractivity contribution is 6.02. The lowest BCUT2D eigenvalue weighted by molar-refractivity contribution is 0.0867. The molecule has 0 aliphatic heterocycles. The molecule has 2 N–H and O–H groups in total. The van der Waals surface area contributed by atoms with Crippen molar-refractivity contribution in [3.8, 4) is 5.69 Å². The number of hydrogen-bond acceptors (Lipinski definition) is 4. The summed E-state index contributed by atoms with van der Waals surface area (Å²) in [6.07, 6.45) is 1.69. The molecule has 1 heterocycles. The number of rotatable bonds is 4. The summed E-state index contributed by atoms with van der Waals surface area (Å²) in [5.74, 6) is -0.659. The van der Waals surface area contributed by atoms with Crippen LogP contribution in [0.5, 0.6) is 0 Å². The second-order valence-corrected chi connectivity index (χ2v) is 7.67. The Labute approximate surface area is 157 Å². The molecule has 0 atom stereocenters. The highest BCUT2D eigenvalue weighted by Gasteiger charge is 2.28. The number of aromatic nitrogens is 1. The van der Waals surface area contributed by atoms with Crippen LogP contribution in [0.1, 0.15) is 58.7 Å². The van der Waals surface area contributed by atoms with Crippen molar-refractivity contribution in [3.63, 3.8) is 0 Å². The van der Waals surface area contributed by atoms with Crippen LogP contribution in [0.15, 0.2) is 35.1 Å². The minimum atomic E-state index is -0.877. The van der Waals surface area contributed by atoms with Crippen molar-refractivity contribution < 1.29 is 14.7 Å². The standard InChI is InChI=1S/C21H24N2O4/c1-13-7-9-14(10-8-13)23-17-5-4-6-18(25)15(17)11-16(20(23)27)19(26)22-21(2,3)12-24/h7-11,24H,4-6,12H2,1-3H3,(H,22,26). The van der Waals surface area contributed by atoms with Crippen LogP contribution in [-0.2, 0) is 6.42 Å². The quantitative estimate of drug-likeness (QED) is 0.866. The molecular formula is C21H24N2O4. The zero-order valence-corrected chi connectivity index (χ0v) is 15.8. The van der Waals surface area contributed by atoms with Gasteiger partial charge in [-0.05, 0) is 51.8 Å². The second-order valence-electron chi connectivity index (χ2n) is 7.67. The minimum absolute atomic E-state index is 0.0624. The van der Waals surface area contributed by atoms with E-state index in [-0.39, 0.29) is 18.0 Å². The number of benzene rings is 1. The van der Waals surface area contributed by atoms with Gasteiger partial charge in [-0.25, -0.2) is 0 Å². The molecular weight excluding hydrogens is 344 g/mol. The molecule has 1 aromatic carbocycles. The Kier molecular flexibility index (Phi) is 5.02. The lowest BCUT2D eigenvalue weighted by Crippen LogP contribution is -2.48. The van der Waals surface area contributed by atoms with Crippen LogP contribution in [0.2, 0.25) is 0 Å². The van der Waals surface area contributed by atoms with Gasteiger partial charge in [0, 0.05) is 23.4 Å². The molecule has 0 spiro atoms. The summed E-state index contributed by atoms with van der Waals surface area (Å²) in [7, 11) is 0. The first-order valence-corrected chi connectivity index (χ1v) is 9.06. The van der Waals surface area contributed by atoms with E-state index in [0.29, 0.717) is 36.2 Å². The number of pyridine rings is 1. The van der Waals surface area contributed by atoms with E-state index in [4.69, 9.17) is 0 Å². The van der Waals surface area contributed by atoms with Crippen LogP contribution >= 0.6 is 0 Å². The number of nitrogens with one attached hydrogen (secondary N) is 1. The van der Waals surface area contributed by atoms with Gasteiger partial charge < -0.3 is 10.4 Å². The molecule has 142 valence electrons. The van der Waals surface area contributed by atoms with Crippen LogP contribution in [-0.4, -0.2) is 33.5 Å². The largest absolute Gasteiger partial charge is 0.394 e. The van der Waals surface area contributed by atoms with Gasteiger partial charge in [0.15, 0.2) is 5.78 Å². The monoisotopic (exact) mass is 368 g/mol. The summed E-state index contributed by atoms with van der Waals surface area (Å²) in [6.45, 7) is 5.00. The SMILES string of the molecule is Cc1ccc(-n2c3c(cc(C(=O)NC(C)(C)CO)c2=O)C(=O)CCC3)cc1. The molecule has 0 bridgehead atoms. The molecule has 6 heteroatoms. The number of aliphatic hydroxyl groups is 1. The molecule has 3 rings (SSSR count). The van der Waals surface area contributed by atoms with Crippen molar-refractivity contribution in [1.29, 1.82) is 0 Å². The molecule has 2 aromatic rings. The zero-order chi connectivity index (χ0) is 19.8. The van der Waals surface area contributed by atoms with Crippen molar-refractivity contribution in [3.05, 3.63) is 63.1 Å². The maximum atomic E-state index is 13.2. The van der Waals surface area contributed by atoms with E-state index in [0.717, 1.165) is 5.56 Å². The Balaban J connectivity index is 2.21. The summed E-state index contributed by atoms with van der Waals surface area (Å²) in [6, 6.07) is 8.82. The van der Waals surface area contributed by atoms with Gasteiger partial charge in [0.1, 0.15) is 5.56 Å². The molecule has 27 heavy (non-hydrogen) atoms. The Bertz CT molecular complexity index is 955. The van der Waals surface area contributed by atoms with E-state index in [2.05, 4.69) is 5.32 Å². The molecule has 0 unspecified atom stereocenters. The van der Waals surface area contributed by atoms with Gasteiger partial charge in [0.2, 0.25) is 0 Å². The number of Topliss-reactive ketones (excluding diaryl/α,β-unsaturated/α-hetero) is 1. The average molecular weight is 368 g/mol. The van der Waals surface area contributed by atoms with Gasteiger partial charge in [0.25, 0.3) is 11.5 Å². The smallest absolute Gasteiger partial charge is 0.268 e. The van der Waals surface area contributed by atoms with Gasteiger partial charge in [0.05, 0.1) is 12.1 Å². The average Bonchev–Trinajstić information content (AvgIpc) is 2.62. The molecule has 0 fully saturated rings. The van der Waals surface area contributed by atoms with Crippen molar-refractivity contribution >= 4 is 11.7 Å². The second kappa shape index (κ2) is 7.12. The van der Waals surface area contributed by atoms with Gasteiger partial charge in [-0.2, -0.15) is 0 Å². The number of ketones is 1. The van der Waals surface area contributed by atoms with Crippen LogP contribution in [0, 0.1) is 6.92 Å². The zero-order valence-electron chi connectivity index (χ0n) is 15.8. The van der Waals surface area contributed by atoms with Crippen molar-refractivity contribution in [2.75, 3.05) is 6.61 Å². The topological polar surface area (TPSA) is 88.4 Å². The molecule has 1 aromatic heterocycles. The lowest BCUT2D eigenvalue weighted by atomic mass is 9.92. The summed E-state index contributed by atoms with van der Waals surface area (Å²) in [5.41, 5.74) is 1.33. The predicted octanol–water partition coefficient (Wildman–Crippen LogP) is 2.17. The van der Waals surface area contributed by atoms with Crippen LogP contribution < -0.4 is 10.9 Å². The Morgan fingerprint density at radius 1 is 1.19 bits per heavy atom. The van der Waals surface area contributed by atoms with Gasteiger partial charge in [-0.1, -0.05) is 17.7 Å². The van der Waals surface area contributed by atoms with E-state index in [9.17, 15) is 19.5 Å². The Morgan fingerprint density at radius 2 is 1.85 bits per heavy atom. The fourth-order valence-corrected chi connectivity index (χ4v) is 3.24. The van der Waals surface area contributed by atoms with Gasteiger partial charge in [-0.3, -0.25) is 19.0 Å². The number of fused-ring (bicyclic) bond motifs is 1. The molecule has 1 amide bonds. The van der Waals surface area contributed by atoms with Gasteiger partial charge >= 0.3 is 0 Å². The fraction of sp³-hybridized carbons (Fsp3) is 0.381. The molecule has 0 saturated carbocycles. The Hall–Kier alpha value is -2.73. The van der Waals surface area contributed by atoms with Gasteiger partial charge in [-0.15, -0.1) is 0 Å². The van der Waals surface area contributed by atoms with Crippen molar-refractivity contribution in [1.82, 2.24) is 9.88 Å². The van der Waals surface area contributed by atoms with Crippen molar-refractivity contribution in [2.24, 2.45) is 0 Å². The third-order valence-corrected chi connectivity index (χ3v) is 4.80. The summed E-state index contributed by atoms with van der Waals surface area (Å²) in [5, 5.41) is 12.1. The molecule has 0 saturated heterocycles. The third kappa shape index (κ3) is 3.71. The molecule has 6 nitrogen and oxygen atoms in total. The minimum Gasteiger partial charge on any atom is -0.394 e. The maximum Gasteiger partial charge on any atom is 0.268 e. The predicted molar refractivity (Wildman–Crippen MR) is 103 cm³/mol. The number of aryl methyl sites for hydroxylation is 1. The number of hydrogen-bond donors (Lipinski definition) is 2. The fourth-order valence-electron chi connectivity index (χ4n) is 3.24. The van der Waals surface area contributed by atoms with E-state index >= 15 is 0 Å². The summed E-state index contributed by atoms with van der Waals surface area (Å²) < 4.78 is 1.48. The number of carbonyl (C=O) groups excluding carboxylic acids is 2. The summed E-state index contributed by atoms with van der Waals surface area (Å²) >= 11 is 0. The first-order chi connectivity index (χ1) is 12.7. The molecule has 1 aliphatic rings. The summed E-state index contributed by atoms with van der Waals surface area (Å²) in [4.78, 5) is 38.4. The number of carbonyl (C=O) groups is 2. The lowest BCUT2D eigenvalue weighted by Gasteiger charge is -2.25. The van der Waals surface area contributed by atoms with E-state index in [1.807, 2.05) is 31.2 Å². The van der Waals surface area contributed by atoms with Crippen LogP contribution in [0.3, 0.4) is 0 Å². The highest BCUT2D eigenvalue weighted by Crippen LogP contribution is 2.24. The first-order valence-electron chi connectivity index (χ1n) is 9.06. The third-order valence-electron chi connectivity index (χ3n) is 4.80. The number of aliphatic hydroxyl groups excluding tert-OH is 1. The van der Waals surface area contributed by atoms with Crippen LogP contribution in [0.4, 0.5) is 0 Å².